The molecule has 1 saturated heterocycles. The Morgan fingerprint density at radius 3 is 2.19 bits per heavy atom. The Hall–Kier alpha value is -3.80. The van der Waals surface area contributed by atoms with Gasteiger partial charge in [-0.05, 0) is 61.3 Å². The molecule has 47 heavy (non-hydrogen) atoms. The number of primary amides is 1. The fourth-order valence-corrected chi connectivity index (χ4v) is 6.89. The van der Waals surface area contributed by atoms with E-state index in [9.17, 15) is 19.2 Å². The molecule has 2 aromatic carbocycles. The molecule has 1 heterocycles. The molecule has 11 nitrogen and oxygen atoms in total. The first-order valence-electron chi connectivity index (χ1n) is 16.9. The lowest BCUT2D eigenvalue weighted by Crippen LogP contribution is -2.68. The average Bonchev–Trinajstić information content (AvgIpc) is 3.49. The second kappa shape index (κ2) is 17.4. The number of morpholine rings is 1. The van der Waals surface area contributed by atoms with E-state index in [0.29, 0.717) is 52.1 Å². The van der Waals surface area contributed by atoms with E-state index in [0.717, 1.165) is 18.4 Å². The van der Waals surface area contributed by atoms with Crippen molar-refractivity contribution in [1.29, 1.82) is 0 Å². The van der Waals surface area contributed by atoms with Crippen LogP contribution in [0, 0.1) is 11.8 Å². The zero-order chi connectivity index (χ0) is 33.8. The van der Waals surface area contributed by atoms with E-state index in [1.807, 2.05) is 56.3 Å². The van der Waals surface area contributed by atoms with Gasteiger partial charge in [-0.25, -0.2) is 0 Å². The van der Waals surface area contributed by atoms with Gasteiger partial charge in [-0.15, -0.1) is 0 Å². The fraction of sp³-hybridized carbons (Fsp3) is 0.556. The van der Waals surface area contributed by atoms with Gasteiger partial charge in [0.25, 0.3) is 0 Å². The number of fused-ring (bicyclic) bond motifs is 1. The van der Waals surface area contributed by atoms with Crippen LogP contribution >= 0.6 is 0 Å². The Morgan fingerprint density at radius 2 is 1.60 bits per heavy atom. The molecule has 0 radical (unpaired) electrons. The summed E-state index contributed by atoms with van der Waals surface area (Å²) in [5.41, 5.74) is 13.7. The van der Waals surface area contributed by atoms with Gasteiger partial charge in [0.05, 0.1) is 25.7 Å². The molecule has 0 spiro atoms. The third-order valence-electron chi connectivity index (χ3n) is 9.22. The number of nitrogens with two attached hydrogens (primary N) is 2. The molecule has 0 bridgehead atoms. The van der Waals surface area contributed by atoms with E-state index in [-0.39, 0.29) is 43.2 Å². The first-order valence-corrected chi connectivity index (χ1v) is 16.9. The third kappa shape index (κ3) is 9.85. The monoisotopic (exact) mass is 648 g/mol. The quantitative estimate of drug-likeness (QED) is 0.162. The molecule has 0 saturated carbocycles. The van der Waals surface area contributed by atoms with E-state index >= 15 is 0 Å². The lowest BCUT2D eigenvalue weighted by atomic mass is 9.73. The molecule has 1 unspecified atom stereocenters. The highest BCUT2D eigenvalue weighted by Gasteiger charge is 2.51. The van der Waals surface area contributed by atoms with Gasteiger partial charge in [0.1, 0.15) is 11.6 Å². The van der Waals surface area contributed by atoms with Crippen molar-refractivity contribution in [3.63, 3.8) is 0 Å². The van der Waals surface area contributed by atoms with Crippen molar-refractivity contribution in [2.24, 2.45) is 23.3 Å². The highest BCUT2D eigenvalue weighted by molar-refractivity contribution is 5.98. The maximum Gasteiger partial charge on any atom is 0.244 e. The molecule has 4 amide bonds. The summed E-state index contributed by atoms with van der Waals surface area (Å²) >= 11 is 0. The Kier molecular flexibility index (Phi) is 13.3. The average molecular weight is 649 g/mol. The second-order valence-electron chi connectivity index (χ2n) is 13.3. The Balaban J connectivity index is 1.57. The van der Waals surface area contributed by atoms with Crippen LogP contribution in [-0.2, 0) is 43.2 Å². The summed E-state index contributed by atoms with van der Waals surface area (Å²) in [6.07, 6.45) is 3.58. The summed E-state index contributed by atoms with van der Waals surface area (Å²) < 4.78 is 5.47. The molecule has 2 aliphatic rings. The molecule has 2 aromatic rings. The van der Waals surface area contributed by atoms with Gasteiger partial charge in [0.15, 0.2) is 0 Å². The molecular formula is C36H52N6O5. The van der Waals surface area contributed by atoms with Gasteiger partial charge in [-0.3, -0.25) is 19.2 Å². The van der Waals surface area contributed by atoms with Gasteiger partial charge in [-0.1, -0.05) is 74.9 Å². The number of unbranched alkanes of at least 4 members (excludes halogenated alkanes) is 1. The number of nitrogens with one attached hydrogen (secondary N) is 3. The van der Waals surface area contributed by atoms with Crippen LogP contribution in [0.5, 0.6) is 0 Å². The van der Waals surface area contributed by atoms with Crippen molar-refractivity contribution >= 4 is 23.6 Å². The van der Waals surface area contributed by atoms with Crippen molar-refractivity contribution in [1.82, 2.24) is 20.9 Å². The number of nitrogens with zero attached hydrogens (tertiary/aromatic N) is 1. The fourth-order valence-electron chi connectivity index (χ4n) is 6.89. The predicted molar refractivity (Wildman–Crippen MR) is 181 cm³/mol. The molecule has 0 aromatic heterocycles. The number of hydrogen-bond acceptors (Lipinski definition) is 7. The minimum Gasteiger partial charge on any atom is -0.378 e. The zero-order valence-corrected chi connectivity index (χ0v) is 27.8. The van der Waals surface area contributed by atoms with Crippen molar-refractivity contribution < 1.29 is 23.9 Å². The Morgan fingerprint density at radius 1 is 0.957 bits per heavy atom. The van der Waals surface area contributed by atoms with Crippen molar-refractivity contribution in [2.75, 3.05) is 39.4 Å². The summed E-state index contributed by atoms with van der Waals surface area (Å²) in [5, 5.41) is 9.24. The second-order valence-corrected chi connectivity index (χ2v) is 13.3. The number of ether oxygens (including phenoxy) is 1. The predicted octanol–water partition coefficient (Wildman–Crippen LogP) is 1.46. The van der Waals surface area contributed by atoms with Crippen molar-refractivity contribution in [3.8, 4) is 0 Å². The number of benzene rings is 2. The molecule has 3 atom stereocenters. The van der Waals surface area contributed by atoms with Gasteiger partial charge in [0.2, 0.25) is 23.6 Å². The van der Waals surface area contributed by atoms with E-state index in [2.05, 4.69) is 28.1 Å². The first-order chi connectivity index (χ1) is 22.6. The molecule has 7 N–H and O–H groups in total. The number of rotatable bonds is 17. The Bertz CT molecular complexity index is 1320. The van der Waals surface area contributed by atoms with Crippen LogP contribution in [0.3, 0.4) is 0 Å². The zero-order valence-electron chi connectivity index (χ0n) is 27.8. The molecule has 1 aliphatic carbocycles. The lowest BCUT2D eigenvalue weighted by molar-refractivity contribution is -0.150. The molecule has 1 aliphatic heterocycles. The van der Waals surface area contributed by atoms with Gasteiger partial charge in [-0.2, -0.15) is 0 Å². The van der Waals surface area contributed by atoms with Crippen LogP contribution in [0.25, 0.3) is 0 Å². The number of amides is 4. The number of hydrogen-bond donors (Lipinski definition) is 5. The van der Waals surface area contributed by atoms with Crippen LogP contribution < -0.4 is 27.4 Å². The minimum absolute atomic E-state index is 0.0292. The third-order valence-corrected chi connectivity index (χ3v) is 9.22. The molecular weight excluding hydrogens is 596 g/mol. The smallest absolute Gasteiger partial charge is 0.244 e. The highest BCUT2D eigenvalue weighted by Crippen LogP contribution is 2.32. The van der Waals surface area contributed by atoms with Crippen molar-refractivity contribution in [2.45, 2.75) is 76.4 Å². The molecule has 11 heteroatoms. The normalized spacial score (nSPS) is 17.4. The summed E-state index contributed by atoms with van der Waals surface area (Å²) in [6.45, 7) is 5.89. The van der Waals surface area contributed by atoms with Crippen LogP contribution in [0.1, 0.15) is 56.2 Å². The van der Waals surface area contributed by atoms with Gasteiger partial charge >= 0.3 is 0 Å². The van der Waals surface area contributed by atoms with Gasteiger partial charge < -0.3 is 37.1 Å². The SMILES string of the molecule is CC(C)CC(NC(=O)[C@@H](Cc1ccccc1)NC(=O)CNC1Cc2ccccc2C1)(C(N)=O)[C@@H](CCCCN)C(=O)N1CCOCC1. The van der Waals surface area contributed by atoms with E-state index in [4.69, 9.17) is 16.2 Å². The van der Waals surface area contributed by atoms with E-state index < -0.39 is 29.3 Å². The first kappa shape index (κ1) is 36.0. The van der Waals surface area contributed by atoms with Gasteiger partial charge in [0, 0.05) is 25.6 Å². The van der Waals surface area contributed by atoms with E-state index in [1.165, 1.54) is 11.1 Å². The summed E-state index contributed by atoms with van der Waals surface area (Å²) in [6, 6.07) is 16.7. The molecule has 256 valence electrons. The highest BCUT2D eigenvalue weighted by atomic mass is 16.5. The minimum atomic E-state index is -1.68. The van der Waals surface area contributed by atoms with Crippen LogP contribution in [-0.4, -0.2) is 85.5 Å². The van der Waals surface area contributed by atoms with Crippen LogP contribution in [0.4, 0.5) is 0 Å². The summed E-state index contributed by atoms with van der Waals surface area (Å²) in [4.78, 5) is 57.1. The van der Waals surface area contributed by atoms with Crippen LogP contribution in [0.15, 0.2) is 54.6 Å². The summed E-state index contributed by atoms with van der Waals surface area (Å²) in [7, 11) is 0. The number of carbonyl (C=O) groups is 4. The van der Waals surface area contributed by atoms with E-state index in [1.54, 1.807) is 4.90 Å². The topological polar surface area (TPSA) is 169 Å². The molecule has 4 rings (SSSR count). The maximum atomic E-state index is 14.3. The van der Waals surface area contributed by atoms with Crippen molar-refractivity contribution in [3.05, 3.63) is 71.3 Å². The lowest BCUT2D eigenvalue weighted by Gasteiger charge is -2.42. The number of carbonyl (C=O) groups excluding carboxylic acids is 4. The largest absolute Gasteiger partial charge is 0.378 e. The molecule has 1 fully saturated rings. The standard InChI is InChI=1S/C36H52N6O5/c1-25(2)23-36(35(38)46,30(14-8-9-15-37)34(45)42-16-18-47-19-17-42)41-33(44)31(20-26-10-4-3-5-11-26)40-32(43)24-39-29-21-27-12-6-7-13-28(27)22-29/h3-7,10-13,25,29-31,39H,8-9,14-24,37H2,1-2H3,(H2,38,46)(H,40,43)(H,41,44)/t30-,31+,36?/m0/s1. The maximum absolute atomic E-state index is 14.3. The Labute approximate surface area is 278 Å². The summed E-state index contributed by atoms with van der Waals surface area (Å²) in [5.74, 6) is -2.90. The van der Waals surface area contributed by atoms with Crippen LogP contribution in [0.2, 0.25) is 0 Å².